The average molecular weight is 345 g/mol. The third kappa shape index (κ3) is 3.63. The number of ether oxygens (including phenoxy) is 1. The Morgan fingerprint density at radius 1 is 1.20 bits per heavy atom. The van der Waals surface area contributed by atoms with Crippen LogP contribution in [0.25, 0.3) is 11.0 Å². The lowest BCUT2D eigenvalue weighted by atomic mass is 10.1. The minimum Gasteiger partial charge on any atom is -0.490 e. The van der Waals surface area contributed by atoms with Gasteiger partial charge in [-0.25, -0.2) is 8.78 Å². The zero-order chi connectivity index (χ0) is 18.0. The van der Waals surface area contributed by atoms with Gasteiger partial charge in [-0.3, -0.25) is 4.79 Å². The third-order valence-corrected chi connectivity index (χ3v) is 3.73. The van der Waals surface area contributed by atoms with Crippen molar-refractivity contribution >= 4 is 16.9 Å². The second-order valence-corrected chi connectivity index (χ2v) is 5.61. The molecule has 1 aromatic heterocycles. The molecule has 1 unspecified atom stereocenters. The largest absolute Gasteiger partial charge is 0.490 e. The van der Waals surface area contributed by atoms with E-state index in [1.165, 1.54) is 0 Å². The smallest absolute Gasteiger partial charge is 0.252 e. The molecule has 3 aromatic rings. The summed E-state index contributed by atoms with van der Waals surface area (Å²) in [4.78, 5) is 12.2. The topological polar surface area (TPSA) is 51.5 Å². The van der Waals surface area contributed by atoms with Crippen molar-refractivity contribution in [3.8, 4) is 5.75 Å². The summed E-state index contributed by atoms with van der Waals surface area (Å²) in [5.74, 6) is -1.05. The summed E-state index contributed by atoms with van der Waals surface area (Å²) >= 11 is 0. The number of carbonyl (C=O) groups is 1. The Hall–Kier alpha value is -2.89. The molecule has 1 N–H and O–H groups in total. The van der Waals surface area contributed by atoms with Crippen molar-refractivity contribution in [2.45, 2.75) is 19.9 Å². The van der Waals surface area contributed by atoms with Crippen LogP contribution in [0.15, 0.2) is 46.9 Å². The monoisotopic (exact) mass is 345 g/mol. The second-order valence-electron chi connectivity index (χ2n) is 5.61. The molecule has 4 nitrogen and oxygen atoms in total. The van der Waals surface area contributed by atoms with Crippen LogP contribution in [0.3, 0.4) is 0 Å². The first-order valence-corrected chi connectivity index (χ1v) is 7.90. The summed E-state index contributed by atoms with van der Waals surface area (Å²) in [5, 5.41) is 3.52. The Morgan fingerprint density at radius 3 is 2.60 bits per heavy atom. The summed E-state index contributed by atoms with van der Waals surface area (Å²) < 4.78 is 37.8. The average Bonchev–Trinajstić information content (AvgIpc) is 2.99. The highest BCUT2D eigenvalue weighted by Crippen LogP contribution is 2.31. The molecule has 0 spiro atoms. The third-order valence-electron chi connectivity index (χ3n) is 3.73. The maximum atomic E-state index is 13.3. The molecule has 0 aliphatic carbocycles. The quantitative estimate of drug-likeness (QED) is 0.735. The summed E-state index contributed by atoms with van der Waals surface area (Å²) in [6.45, 7) is 4.11. The SMILES string of the molecule is CCOc1cccc2cc(C(C)NC(=O)c3cc(F)cc(F)c3)oc12. The summed E-state index contributed by atoms with van der Waals surface area (Å²) in [6.07, 6.45) is 0. The lowest BCUT2D eigenvalue weighted by Crippen LogP contribution is -2.26. The molecule has 2 aromatic carbocycles. The maximum absolute atomic E-state index is 13.3. The van der Waals surface area contributed by atoms with E-state index in [4.69, 9.17) is 9.15 Å². The normalized spacial score (nSPS) is 12.2. The van der Waals surface area contributed by atoms with E-state index in [1.54, 1.807) is 19.1 Å². The molecule has 1 atom stereocenters. The van der Waals surface area contributed by atoms with Gasteiger partial charge < -0.3 is 14.5 Å². The Bertz CT molecular complexity index is 900. The van der Waals surface area contributed by atoms with Gasteiger partial charge in [-0.15, -0.1) is 0 Å². The fourth-order valence-electron chi connectivity index (χ4n) is 2.57. The molecular formula is C19H17F2NO3. The van der Waals surface area contributed by atoms with Crippen LogP contribution in [0.5, 0.6) is 5.75 Å². The van der Waals surface area contributed by atoms with Crippen LogP contribution in [-0.4, -0.2) is 12.5 Å². The number of benzene rings is 2. The molecule has 6 heteroatoms. The van der Waals surface area contributed by atoms with E-state index >= 15 is 0 Å². The van der Waals surface area contributed by atoms with Crippen LogP contribution in [-0.2, 0) is 0 Å². The van der Waals surface area contributed by atoms with E-state index in [-0.39, 0.29) is 5.56 Å². The molecule has 0 saturated heterocycles. The number of rotatable bonds is 5. The maximum Gasteiger partial charge on any atom is 0.252 e. The van der Waals surface area contributed by atoms with E-state index < -0.39 is 23.6 Å². The first kappa shape index (κ1) is 17.0. The van der Waals surface area contributed by atoms with Gasteiger partial charge in [0.05, 0.1) is 12.6 Å². The molecule has 25 heavy (non-hydrogen) atoms. The van der Waals surface area contributed by atoms with Crippen LogP contribution in [0.2, 0.25) is 0 Å². The summed E-state index contributed by atoms with van der Waals surface area (Å²) in [6, 6.07) is 9.53. The van der Waals surface area contributed by atoms with Crippen LogP contribution >= 0.6 is 0 Å². The van der Waals surface area contributed by atoms with E-state index in [9.17, 15) is 13.6 Å². The highest BCUT2D eigenvalue weighted by atomic mass is 19.1. The highest BCUT2D eigenvalue weighted by Gasteiger charge is 2.18. The fourth-order valence-corrected chi connectivity index (χ4v) is 2.57. The predicted molar refractivity (Wildman–Crippen MR) is 89.6 cm³/mol. The van der Waals surface area contributed by atoms with Crippen molar-refractivity contribution in [3.63, 3.8) is 0 Å². The lowest BCUT2D eigenvalue weighted by Gasteiger charge is -2.11. The van der Waals surface area contributed by atoms with Gasteiger partial charge in [-0.05, 0) is 38.1 Å². The molecule has 0 saturated carbocycles. The zero-order valence-electron chi connectivity index (χ0n) is 13.8. The van der Waals surface area contributed by atoms with Crippen molar-refractivity contribution in [2.24, 2.45) is 0 Å². The highest BCUT2D eigenvalue weighted by molar-refractivity contribution is 5.94. The number of hydrogen-bond acceptors (Lipinski definition) is 3. The Balaban J connectivity index is 1.83. The molecule has 0 aliphatic rings. The number of nitrogens with one attached hydrogen (secondary N) is 1. The second kappa shape index (κ2) is 6.93. The van der Waals surface area contributed by atoms with Crippen LogP contribution in [0, 0.1) is 11.6 Å². The standard InChI is InChI=1S/C19H17F2NO3/c1-3-24-16-6-4-5-12-9-17(25-18(12)16)11(2)22-19(23)13-7-14(20)10-15(21)8-13/h4-11H,3H2,1-2H3,(H,22,23). The van der Waals surface area contributed by atoms with Crippen molar-refractivity contribution in [1.82, 2.24) is 5.32 Å². The van der Waals surface area contributed by atoms with Gasteiger partial charge in [0.1, 0.15) is 17.4 Å². The predicted octanol–water partition coefficient (Wildman–Crippen LogP) is 4.60. The van der Waals surface area contributed by atoms with Crippen molar-refractivity contribution in [3.05, 3.63) is 65.4 Å². The van der Waals surface area contributed by atoms with Crippen molar-refractivity contribution in [2.75, 3.05) is 6.61 Å². The number of hydrogen-bond donors (Lipinski definition) is 1. The summed E-state index contributed by atoms with van der Waals surface area (Å²) in [7, 11) is 0. The van der Waals surface area contributed by atoms with Gasteiger partial charge in [0.15, 0.2) is 11.3 Å². The van der Waals surface area contributed by atoms with Crippen molar-refractivity contribution in [1.29, 1.82) is 0 Å². The van der Waals surface area contributed by atoms with Gasteiger partial charge in [0, 0.05) is 17.0 Å². The molecule has 1 amide bonds. The first-order valence-electron chi connectivity index (χ1n) is 7.90. The minimum atomic E-state index is -0.803. The molecule has 130 valence electrons. The lowest BCUT2D eigenvalue weighted by molar-refractivity contribution is 0.0934. The van der Waals surface area contributed by atoms with E-state index in [0.717, 1.165) is 17.5 Å². The fraction of sp³-hybridized carbons (Fsp3) is 0.211. The van der Waals surface area contributed by atoms with Gasteiger partial charge >= 0.3 is 0 Å². The van der Waals surface area contributed by atoms with Crippen molar-refractivity contribution < 1.29 is 22.7 Å². The number of halogens is 2. The molecule has 0 bridgehead atoms. The number of furan rings is 1. The molecule has 0 radical (unpaired) electrons. The van der Waals surface area contributed by atoms with Gasteiger partial charge in [-0.1, -0.05) is 12.1 Å². The minimum absolute atomic E-state index is 0.0875. The van der Waals surface area contributed by atoms with Crippen LogP contribution in [0.1, 0.15) is 36.0 Å². The molecule has 1 heterocycles. The number of carbonyl (C=O) groups excluding carboxylic acids is 1. The zero-order valence-corrected chi connectivity index (χ0v) is 13.8. The molecular weight excluding hydrogens is 328 g/mol. The number of para-hydroxylation sites is 1. The van der Waals surface area contributed by atoms with E-state index in [1.807, 2.05) is 19.1 Å². The Labute approximate surface area is 143 Å². The summed E-state index contributed by atoms with van der Waals surface area (Å²) in [5.41, 5.74) is 0.507. The number of fused-ring (bicyclic) bond motifs is 1. The van der Waals surface area contributed by atoms with Gasteiger partial charge in [-0.2, -0.15) is 0 Å². The van der Waals surface area contributed by atoms with E-state index in [0.29, 0.717) is 29.8 Å². The molecule has 3 rings (SSSR count). The van der Waals surface area contributed by atoms with E-state index in [2.05, 4.69) is 5.32 Å². The van der Waals surface area contributed by atoms with Crippen LogP contribution in [0.4, 0.5) is 8.78 Å². The Morgan fingerprint density at radius 2 is 1.92 bits per heavy atom. The molecule has 0 fully saturated rings. The number of amides is 1. The van der Waals surface area contributed by atoms with Gasteiger partial charge in [0.2, 0.25) is 0 Å². The Kier molecular flexibility index (Phi) is 4.70. The first-order chi connectivity index (χ1) is 12.0. The van der Waals surface area contributed by atoms with Gasteiger partial charge in [0.25, 0.3) is 5.91 Å². The van der Waals surface area contributed by atoms with Crippen LogP contribution < -0.4 is 10.1 Å². The molecule has 0 aliphatic heterocycles.